The van der Waals surface area contributed by atoms with Crippen LogP contribution in [0.2, 0.25) is 0 Å². The molecule has 47 heavy (non-hydrogen) atoms. The molecular formula is C38H45N3O6. The van der Waals surface area contributed by atoms with E-state index in [1.807, 2.05) is 72.8 Å². The Morgan fingerprint density at radius 2 is 1.49 bits per heavy atom. The summed E-state index contributed by atoms with van der Waals surface area (Å²) in [5.41, 5.74) is 0.360. The van der Waals surface area contributed by atoms with Gasteiger partial charge in [0.2, 0.25) is 11.8 Å². The zero-order valence-electron chi connectivity index (χ0n) is 27.2. The number of ether oxygens (including phenoxy) is 2. The van der Waals surface area contributed by atoms with Crippen molar-refractivity contribution >= 4 is 34.6 Å². The lowest BCUT2D eigenvalue weighted by atomic mass is 9.55. The van der Waals surface area contributed by atoms with Crippen molar-refractivity contribution in [2.45, 2.75) is 76.0 Å². The second-order valence-corrected chi connectivity index (χ2v) is 13.9. The largest absolute Gasteiger partial charge is 0.469 e. The third-order valence-corrected chi connectivity index (χ3v) is 10.5. The van der Waals surface area contributed by atoms with Gasteiger partial charge in [0.25, 0.3) is 0 Å². The van der Waals surface area contributed by atoms with Crippen LogP contribution < -0.4 is 16.0 Å². The number of hydrogen-bond donors (Lipinski definition) is 3. The minimum atomic E-state index is -1.36. The lowest BCUT2D eigenvalue weighted by Gasteiger charge is -2.53. The lowest BCUT2D eigenvalue weighted by molar-refractivity contribution is -0.142. The topological polar surface area (TPSA) is 123 Å². The van der Waals surface area contributed by atoms with Gasteiger partial charge in [0.1, 0.15) is 11.6 Å². The Morgan fingerprint density at radius 3 is 2.19 bits per heavy atom. The van der Waals surface area contributed by atoms with Crippen molar-refractivity contribution in [3.63, 3.8) is 0 Å². The molecule has 9 nitrogen and oxygen atoms in total. The van der Waals surface area contributed by atoms with Crippen LogP contribution >= 0.6 is 0 Å². The molecule has 3 aromatic rings. The van der Waals surface area contributed by atoms with Crippen molar-refractivity contribution in [3.8, 4) is 0 Å². The van der Waals surface area contributed by atoms with Crippen molar-refractivity contribution < 1.29 is 28.7 Å². The van der Waals surface area contributed by atoms with Crippen LogP contribution in [-0.2, 0) is 30.3 Å². The number of fused-ring (bicyclic) bond motifs is 1. The predicted molar refractivity (Wildman–Crippen MR) is 178 cm³/mol. The van der Waals surface area contributed by atoms with Crippen molar-refractivity contribution in [2.75, 3.05) is 13.7 Å². The molecule has 3 N–H and O–H groups in total. The minimum absolute atomic E-state index is 0.0409. The van der Waals surface area contributed by atoms with Gasteiger partial charge in [0.05, 0.1) is 19.6 Å². The molecule has 4 saturated carbocycles. The Balaban J connectivity index is 1.20. The van der Waals surface area contributed by atoms with Gasteiger partial charge in [-0.25, -0.2) is 4.79 Å². The molecule has 0 aliphatic heterocycles. The standard InChI is InChI=1S/C38H45N3O6/c1-38(22-28-13-8-12-26-9-6-7-14-31(26)28,41-37(45)47-35-29-18-24-17-25(20-29)21-30(35)19-24)36(44)39-23-32(27-10-4-3-5-11-27)40-33(42)15-16-34(43)46-2/h3-14,24-25,29-30,32,35H,15-23H2,1-2H3,(H,39,44)(H,40,42)(H,41,45)/t24?,25?,29?,30?,32-,35?,38?/m0/s1. The molecule has 9 heteroatoms. The van der Waals surface area contributed by atoms with Crippen LogP contribution in [0.4, 0.5) is 4.79 Å². The summed E-state index contributed by atoms with van der Waals surface area (Å²) in [6, 6.07) is 22.7. The quantitative estimate of drug-likeness (QED) is 0.221. The van der Waals surface area contributed by atoms with E-state index in [0.29, 0.717) is 11.8 Å². The maximum absolute atomic E-state index is 14.2. The van der Waals surface area contributed by atoms with Gasteiger partial charge in [-0.05, 0) is 84.6 Å². The van der Waals surface area contributed by atoms with Gasteiger partial charge in [-0.1, -0.05) is 72.8 Å². The number of esters is 1. The van der Waals surface area contributed by atoms with Crippen molar-refractivity contribution in [1.29, 1.82) is 0 Å². The molecule has 0 heterocycles. The third kappa shape index (κ3) is 7.61. The molecule has 3 aromatic carbocycles. The predicted octanol–water partition coefficient (Wildman–Crippen LogP) is 5.62. The molecule has 7 rings (SSSR count). The summed E-state index contributed by atoms with van der Waals surface area (Å²) in [6.07, 6.45) is 5.23. The molecule has 0 radical (unpaired) electrons. The summed E-state index contributed by atoms with van der Waals surface area (Å²) in [5, 5.41) is 11.0. The number of alkyl carbamates (subject to hydrolysis) is 1. The van der Waals surface area contributed by atoms with Gasteiger partial charge in [0.15, 0.2) is 0 Å². The normalized spacial score (nSPS) is 24.5. The first-order valence-electron chi connectivity index (χ1n) is 16.9. The number of nitrogens with one attached hydrogen (secondary N) is 3. The molecule has 0 aromatic heterocycles. The Hall–Kier alpha value is -4.40. The van der Waals surface area contributed by atoms with E-state index in [2.05, 4.69) is 20.7 Å². The highest BCUT2D eigenvalue weighted by Gasteiger charge is 2.50. The van der Waals surface area contributed by atoms with Crippen LogP contribution in [0, 0.1) is 23.7 Å². The van der Waals surface area contributed by atoms with Crippen LogP contribution in [0.5, 0.6) is 0 Å². The summed E-state index contributed by atoms with van der Waals surface area (Å²) in [5.74, 6) is 1.09. The number of methoxy groups -OCH3 is 1. The van der Waals surface area contributed by atoms with E-state index in [4.69, 9.17) is 4.74 Å². The molecule has 248 valence electrons. The average Bonchev–Trinajstić information content (AvgIpc) is 3.07. The van der Waals surface area contributed by atoms with Crippen molar-refractivity contribution in [2.24, 2.45) is 23.7 Å². The van der Waals surface area contributed by atoms with E-state index in [0.717, 1.165) is 59.4 Å². The fraction of sp³-hybridized carbons (Fsp3) is 0.474. The van der Waals surface area contributed by atoms with Gasteiger partial charge in [-0.15, -0.1) is 0 Å². The molecule has 4 aliphatic carbocycles. The summed E-state index contributed by atoms with van der Waals surface area (Å²) < 4.78 is 10.8. The smallest absolute Gasteiger partial charge is 0.408 e. The number of rotatable bonds is 12. The van der Waals surface area contributed by atoms with Gasteiger partial charge in [-0.3, -0.25) is 14.4 Å². The second-order valence-electron chi connectivity index (χ2n) is 13.9. The fourth-order valence-corrected chi connectivity index (χ4v) is 8.37. The molecule has 4 aliphatic rings. The maximum atomic E-state index is 14.2. The van der Waals surface area contributed by atoms with E-state index in [-0.39, 0.29) is 37.8 Å². The summed E-state index contributed by atoms with van der Waals surface area (Å²) >= 11 is 0. The molecule has 1 unspecified atom stereocenters. The summed E-state index contributed by atoms with van der Waals surface area (Å²) in [4.78, 5) is 52.3. The number of carbonyl (C=O) groups excluding carboxylic acids is 4. The zero-order chi connectivity index (χ0) is 33.0. The Morgan fingerprint density at radius 1 is 0.830 bits per heavy atom. The zero-order valence-corrected chi connectivity index (χ0v) is 27.2. The molecule has 0 saturated heterocycles. The van der Waals surface area contributed by atoms with Gasteiger partial charge >= 0.3 is 12.1 Å². The SMILES string of the molecule is COC(=O)CCC(=O)N[C@@H](CNC(=O)C(C)(Cc1cccc2ccccc12)NC(=O)OC1C2CC3CC(C2)CC1C3)c1ccccc1. The lowest BCUT2D eigenvalue weighted by Crippen LogP contribution is -2.60. The third-order valence-electron chi connectivity index (χ3n) is 10.5. The molecule has 3 amide bonds. The van der Waals surface area contributed by atoms with Crippen LogP contribution in [-0.4, -0.2) is 49.2 Å². The van der Waals surface area contributed by atoms with Crippen LogP contribution in [0.25, 0.3) is 10.8 Å². The number of carbonyl (C=O) groups is 4. The van der Waals surface area contributed by atoms with E-state index in [1.54, 1.807) is 6.92 Å². The molecule has 4 bridgehead atoms. The monoisotopic (exact) mass is 639 g/mol. The Kier molecular flexibility index (Phi) is 9.80. The first-order chi connectivity index (χ1) is 22.7. The maximum Gasteiger partial charge on any atom is 0.408 e. The molecule has 2 atom stereocenters. The van der Waals surface area contributed by atoms with Crippen LogP contribution in [0.1, 0.15) is 69.0 Å². The second kappa shape index (κ2) is 14.2. The van der Waals surface area contributed by atoms with Crippen LogP contribution in [0.3, 0.4) is 0 Å². The van der Waals surface area contributed by atoms with E-state index in [1.165, 1.54) is 13.5 Å². The number of amides is 3. The first-order valence-corrected chi connectivity index (χ1v) is 16.9. The van der Waals surface area contributed by atoms with E-state index in [9.17, 15) is 19.2 Å². The molecule has 0 spiro atoms. The Bertz CT molecular complexity index is 1580. The Labute approximate surface area is 276 Å². The van der Waals surface area contributed by atoms with Gasteiger partial charge in [-0.2, -0.15) is 0 Å². The van der Waals surface area contributed by atoms with E-state index >= 15 is 0 Å². The van der Waals surface area contributed by atoms with Gasteiger partial charge < -0.3 is 25.4 Å². The minimum Gasteiger partial charge on any atom is -0.469 e. The summed E-state index contributed by atoms with van der Waals surface area (Å²) in [7, 11) is 1.28. The van der Waals surface area contributed by atoms with Crippen LogP contribution in [0.15, 0.2) is 72.8 Å². The summed E-state index contributed by atoms with van der Waals surface area (Å²) in [6.45, 7) is 1.80. The fourth-order valence-electron chi connectivity index (χ4n) is 8.37. The number of benzene rings is 3. The van der Waals surface area contributed by atoms with E-state index < -0.39 is 29.6 Å². The van der Waals surface area contributed by atoms with Crippen molar-refractivity contribution in [3.05, 3.63) is 83.9 Å². The molecule has 4 fully saturated rings. The highest BCUT2D eigenvalue weighted by atomic mass is 16.6. The molecular weight excluding hydrogens is 594 g/mol. The highest BCUT2D eigenvalue weighted by Crippen LogP contribution is 2.54. The first kappa shape index (κ1) is 32.5. The van der Waals surface area contributed by atoms with Gasteiger partial charge in [0, 0.05) is 19.4 Å². The highest BCUT2D eigenvalue weighted by molar-refractivity contribution is 5.92. The average molecular weight is 640 g/mol. The number of hydrogen-bond acceptors (Lipinski definition) is 6. The van der Waals surface area contributed by atoms with Crippen molar-refractivity contribution in [1.82, 2.24) is 16.0 Å².